The Labute approximate surface area is 127 Å². The van der Waals surface area contributed by atoms with Gasteiger partial charge in [-0.15, -0.1) is 0 Å². The van der Waals surface area contributed by atoms with Gasteiger partial charge < -0.3 is 15.2 Å². The summed E-state index contributed by atoms with van der Waals surface area (Å²) < 4.78 is 4.91. The van der Waals surface area contributed by atoms with Gasteiger partial charge in [-0.1, -0.05) is 17.3 Å². The second kappa shape index (κ2) is 6.01. The highest BCUT2D eigenvalue weighted by Gasteiger charge is 2.28. The van der Waals surface area contributed by atoms with Crippen LogP contribution in [0.25, 0.3) is 0 Å². The summed E-state index contributed by atoms with van der Waals surface area (Å²) in [4.78, 5) is 25.2. The summed E-state index contributed by atoms with van der Waals surface area (Å²) in [6, 6.07) is 8.92. The van der Waals surface area contributed by atoms with Crippen LogP contribution in [0, 0.1) is 5.92 Å². The number of nitrogens with two attached hydrogens (primary N) is 1. The largest absolute Gasteiger partial charge is 0.366 e. The Morgan fingerprint density at radius 2 is 2.23 bits per heavy atom. The highest BCUT2D eigenvalue weighted by atomic mass is 16.5. The number of primary amides is 1. The number of hydrogen-bond donors (Lipinski definition) is 1. The van der Waals surface area contributed by atoms with Crippen molar-refractivity contribution in [2.75, 3.05) is 13.1 Å². The molecule has 0 spiro atoms. The van der Waals surface area contributed by atoms with Crippen LogP contribution in [0.2, 0.25) is 0 Å². The van der Waals surface area contributed by atoms with Crippen LogP contribution in [0.5, 0.6) is 0 Å². The number of benzene rings is 1. The van der Waals surface area contributed by atoms with Crippen LogP contribution in [-0.4, -0.2) is 35.0 Å². The molecule has 1 saturated heterocycles. The number of aromatic nitrogens is 1. The number of carbonyl (C=O) groups excluding carboxylic acids is 2. The quantitative estimate of drug-likeness (QED) is 0.926. The molecule has 1 aliphatic heterocycles. The molecule has 2 N–H and O–H groups in total. The minimum atomic E-state index is -0.421. The first-order chi connectivity index (χ1) is 10.6. The van der Waals surface area contributed by atoms with Crippen molar-refractivity contribution in [3.63, 3.8) is 0 Å². The number of carbonyl (C=O) groups is 2. The van der Waals surface area contributed by atoms with E-state index in [9.17, 15) is 9.59 Å². The van der Waals surface area contributed by atoms with E-state index in [0.29, 0.717) is 24.6 Å². The number of hydrogen-bond acceptors (Lipinski definition) is 4. The molecule has 0 bridgehead atoms. The van der Waals surface area contributed by atoms with E-state index in [2.05, 4.69) is 5.16 Å². The molecule has 2 amide bonds. The summed E-state index contributed by atoms with van der Waals surface area (Å²) in [7, 11) is 0. The van der Waals surface area contributed by atoms with Crippen molar-refractivity contribution in [1.29, 1.82) is 0 Å². The van der Waals surface area contributed by atoms with Gasteiger partial charge in [0.1, 0.15) is 0 Å². The van der Waals surface area contributed by atoms with Gasteiger partial charge in [0.25, 0.3) is 5.91 Å². The number of nitrogens with zero attached hydrogens (tertiary/aromatic N) is 2. The molecule has 1 atom stereocenters. The van der Waals surface area contributed by atoms with Crippen LogP contribution in [0.3, 0.4) is 0 Å². The maximum atomic E-state index is 12.2. The Hall–Kier alpha value is -2.63. The highest BCUT2D eigenvalue weighted by Crippen LogP contribution is 2.22. The minimum Gasteiger partial charge on any atom is -0.366 e. The smallest absolute Gasteiger partial charge is 0.292 e. The van der Waals surface area contributed by atoms with E-state index in [1.807, 2.05) is 18.2 Å². The highest BCUT2D eigenvalue weighted by molar-refractivity contribution is 5.93. The maximum Gasteiger partial charge on any atom is 0.292 e. The molecule has 0 radical (unpaired) electrons. The second-order valence-electron chi connectivity index (χ2n) is 5.55. The third-order valence-corrected chi connectivity index (χ3v) is 3.96. The Morgan fingerprint density at radius 1 is 1.36 bits per heavy atom. The van der Waals surface area contributed by atoms with Crippen molar-refractivity contribution in [1.82, 2.24) is 10.1 Å². The molecule has 1 aromatic carbocycles. The average molecular weight is 299 g/mol. The topological polar surface area (TPSA) is 89.4 Å². The first-order valence-corrected chi connectivity index (χ1v) is 7.22. The zero-order chi connectivity index (χ0) is 15.5. The van der Waals surface area contributed by atoms with Crippen LogP contribution in [-0.2, 0) is 6.42 Å². The van der Waals surface area contributed by atoms with Crippen molar-refractivity contribution in [2.45, 2.75) is 12.8 Å². The molecule has 2 heterocycles. The molecule has 1 aromatic heterocycles. The number of amides is 2. The Morgan fingerprint density at radius 3 is 2.95 bits per heavy atom. The summed E-state index contributed by atoms with van der Waals surface area (Å²) >= 11 is 0. The average Bonchev–Trinajstić information content (AvgIpc) is 3.18. The van der Waals surface area contributed by atoms with E-state index in [1.54, 1.807) is 17.0 Å². The first kappa shape index (κ1) is 14.3. The monoisotopic (exact) mass is 299 g/mol. The molecular weight excluding hydrogens is 282 g/mol. The lowest BCUT2D eigenvalue weighted by Crippen LogP contribution is -2.28. The second-order valence-corrected chi connectivity index (χ2v) is 5.55. The third kappa shape index (κ3) is 3.00. The van der Waals surface area contributed by atoms with E-state index in [1.165, 1.54) is 6.20 Å². The molecule has 0 saturated carbocycles. The van der Waals surface area contributed by atoms with Gasteiger partial charge in [0.15, 0.2) is 0 Å². The summed E-state index contributed by atoms with van der Waals surface area (Å²) in [5, 5.41) is 3.56. The van der Waals surface area contributed by atoms with E-state index in [0.717, 1.165) is 18.4 Å². The van der Waals surface area contributed by atoms with Crippen molar-refractivity contribution >= 4 is 11.8 Å². The lowest BCUT2D eigenvalue weighted by atomic mass is 9.97. The number of likely N-dealkylation sites (tertiary alicyclic amines) is 1. The van der Waals surface area contributed by atoms with Gasteiger partial charge in [0.2, 0.25) is 11.7 Å². The van der Waals surface area contributed by atoms with Crippen LogP contribution < -0.4 is 5.73 Å². The molecule has 1 fully saturated rings. The zero-order valence-electron chi connectivity index (χ0n) is 12.1. The van der Waals surface area contributed by atoms with Gasteiger partial charge in [-0.3, -0.25) is 9.59 Å². The maximum absolute atomic E-state index is 12.2. The van der Waals surface area contributed by atoms with E-state index >= 15 is 0 Å². The van der Waals surface area contributed by atoms with E-state index in [-0.39, 0.29) is 11.7 Å². The van der Waals surface area contributed by atoms with Gasteiger partial charge in [-0.25, -0.2) is 0 Å². The van der Waals surface area contributed by atoms with E-state index < -0.39 is 5.91 Å². The summed E-state index contributed by atoms with van der Waals surface area (Å²) in [5.41, 5.74) is 6.88. The lowest BCUT2D eigenvalue weighted by molar-refractivity contribution is 0.0745. The van der Waals surface area contributed by atoms with Crippen molar-refractivity contribution in [2.24, 2.45) is 11.7 Å². The molecule has 0 unspecified atom stereocenters. The van der Waals surface area contributed by atoms with Crippen LogP contribution >= 0.6 is 0 Å². The molecule has 22 heavy (non-hydrogen) atoms. The fourth-order valence-electron chi connectivity index (χ4n) is 2.85. The molecule has 2 aromatic rings. The summed E-state index contributed by atoms with van der Waals surface area (Å²) in [6.45, 7) is 1.39. The fourth-order valence-corrected chi connectivity index (χ4v) is 2.85. The van der Waals surface area contributed by atoms with Gasteiger partial charge >= 0.3 is 0 Å². The summed E-state index contributed by atoms with van der Waals surface area (Å²) in [5.74, 6) is 0.104. The standard InChI is InChI=1S/C16H17N3O3/c17-15(20)13-3-1-2-11(9-13)8-12-5-7-19(10-12)16(21)14-4-6-18-22-14/h1-4,6,9,12H,5,7-8,10H2,(H2,17,20)/t12-/m0/s1. The minimum absolute atomic E-state index is 0.120. The molecule has 6 nitrogen and oxygen atoms in total. The van der Waals surface area contributed by atoms with Gasteiger partial charge in [0.05, 0.1) is 6.20 Å². The lowest BCUT2D eigenvalue weighted by Gasteiger charge is -2.14. The van der Waals surface area contributed by atoms with E-state index in [4.69, 9.17) is 10.3 Å². The number of rotatable bonds is 4. The van der Waals surface area contributed by atoms with Crippen LogP contribution in [0.1, 0.15) is 32.9 Å². The SMILES string of the molecule is NC(=O)c1cccc(C[C@@H]2CCN(C(=O)c3ccno3)C2)c1. The summed E-state index contributed by atoms with van der Waals surface area (Å²) in [6.07, 6.45) is 3.22. The Bertz CT molecular complexity index is 682. The van der Waals surface area contributed by atoms with Crippen molar-refractivity contribution < 1.29 is 14.1 Å². The predicted molar refractivity (Wildman–Crippen MR) is 79.2 cm³/mol. The zero-order valence-corrected chi connectivity index (χ0v) is 12.1. The molecule has 6 heteroatoms. The fraction of sp³-hybridized carbons (Fsp3) is 0.312. The Balaban J connectivity index is 1.62. The molecule has 114 valence electrons. The molecule has 0 aliphatic carbocycles. The van der Waals surface area contributed by atoms with Crippen LogP contribution in [0.4, 0.5) is 0 Å². The van der Waals surface area contributed by atoms with Gasteiger partial charge in [-0.2, -0.15) is 0 Å². The van der Waals surface area contributed by atoms with Crippen molar-refractivity contribution in [3.05, 3.63) is 53.4 Å². The molecule has 3 rings (SSSR count). The Kier molecular flexibility index (Phi) is 3.91. The van der Waals surface area contributed by atoms with Crippen molar-refractivity contribution in [3.8, 4) is 0 Å². The molecular formula is C16H17N3O3. The molecule has 1 aliphatic rings. The third-order valence-electron chi connectivity index (χ3n) is 3.96. The first-order valence-electron chi connectivity index (χ1n) is 7.22. The predicted octanol–water partition coefficient (Wildman–Crippen LogP) is 1.48. The van der Waals surface area contributed by atoms with Gasteiger partial charge in [0, 0.05) is 24.7 Å². The normalized spacial score (nSPS) is 17.6. The van der Waals surface area contributed by atoms with Gasteiger partial charge in [-0.05, 0) is 36.5 Å². The van der Waals surface area contributed by atoms with Crippen LogP contribution in [0.15, 0.2) is 41.1 Å².